The molecule has 0 radical (unpaired) electrons. The molecule has 32 heavy (non-hydrogen) atoms. The van der Waals surface area contributed by atoms with Crippen molar-refractivity contribution in [2.75, 3.05) is 18.9 Å². The molecule has 3 aromatic rings. The van der Waals surface area contributed by atoms with E-state index in [-0.39, 0.29) is 17.2 Å². The van der Waals surface area contributed by atoms with Gasteiger partial charge in [0.1, 0.15) is 30.3 Å². The molecule has 1 aromatic heterocycles. The molecule has 11 nitrogen and oxygen atoms in total. The maximum Gasteiger partial charge on any atom is 0.321 e. The van der Waals surface area contributed by atoms with Gasteiger partial charge < -0.3 is 14.5 Å². The zero-order valence-corrected chi connectivity index (χ0v) is 18.0. The Morgan fingerprint density at radius 2 is 1.94 bits per heavy atom. The Balaban J connectivity index is 1.61. The van der Waals surface area contributed by atoms with Gasteiger partial charge >= 0.3 is 5.97 Å². The predicted octanol–water partition coefficient (Wildman–Crippen LogP) is 2.62. The van der Waals surface area contributed by atoms with Gasteiger partial charge in [-0.3, -0.25) is 14.9 Å². The standard InChI is InChI=1S/C20H20N4O7S/c1-13-17(23-20(31-13)14-6-4-3-5-7-14)12-30-19(25)11-22-32(28,29)15-8-9-16(21-2)18(10-15)24(26)27/h3-10,21-22H,11-12H2,1-2H3. The van der Waals surface area contributed by atoms with Crippen LogP contribution in [0.4, 0.5) is 11.4 Å². The molecule has 2 N–H and O–H groups in total. The minimum atomic E-state index is -4.18. The van der Waals surface area contributed by atoms with E-state index in [1.165, 1.54) is 19.2 Å². The summed E-state index contributed by atoms with van der Waals surface area (Å²) in [7, 11) is -2.70. The second-order valence-corrected chi connectivity index (χ2v) is 8.33. The number of anilines is 1. The van der Waals surface area contributed by atoms with Crippen molar-refractivity contribution in [3.8, 4) is 11.5 Å². The third kappa shape index (κ3) is 5.28. The first-order valence-electron chi connectivity index (χ1n) is 9.34. The first kappa shape index (κ1) is 22.9. The van der Waals surface area contributed by atoms with Gasteiger partial charge in [-0.25, -0.2) is 13.4 Å². The summed E-state index contributed by atoms with van der Waals surface area (Å²) in [6.07, 6.45) is 0. The average molecular weight is 460 g/mol. The first-order valence-corrected chi connectivity index (χ1v) is 10.8. The molecule has 0 aliphatic rings. The number of aromatic nitrogens is 1. The molecule has 0 aliphatic carbocycles. The van der Waals surface area contributed by atoms with Gasteiger partial charge in [0.05, 0.1) is 9.82 Å². The van der Waals surface area contributed by atoms with Crippen LogP contribution in [0.5, 0.6) is 0 Å². The fourth-order valence-electron chi connectivity index (χ4n) is 2.74. The van der Waals surface area contributed by atoms with Gasteiger partial charge in [0.2, 0.25) is 15.9 Å². The third-order valence-electron chi connectivity index (χ3n) is 4.44. The highest BCUT2D eigenvalue weighted by Crippen LogP contribution is 2.27. The lowest BCUT2D eigenvalue weighted by molar-refractivity contribution is -0.384. The number of ether oxygens (including phenoxy) is 1. The lowest BCUT2D eigenvalue weighted by Gasteiger charge is -2.08. The van der Waals surface area contributed by atoms with Crippen molar-refractivity contribution < 1.29 is 27.3 Å². The molecule has 3 rings (SSSR count). The molecule has 1 heterocycles. The van der Waals surface area contributed by atoms with E-state index in [1.54, 1.807) is 6.92 Å². The molecule has 2 aromatic carbocycles. The second-order valence-electron chi connectivity index (χ2n) is 6.56. The minimum absolute atomic E-state index is 0.159. The summed E-state index contributed by atoms with van der Waals surface area (Å²) in [6, 6.07) is 12.5. The quantitative estimate of drug-likeness (QED) is 0.278. The van der Waals surface area contributed by atoms with E-state index >= 15 is 0 Å². The van der Waals surface area contributed by atoms with Crippen LogP contribution >= 0.6 is 0 Å². The van der Waals surface area contributed by atoms with Crippen LogP contribution in [0.25, 0.3) is 11.5 Å². The van der Waals surface area contributed by atoms with E-state index in [0.29, 0.717) is 17.3 Å². The molecular weight excluding hydrogens is 440 g/mol. The number of nitro benzene ring substituents is 1. The van der Waals surface area contributed by atoms with Gasteiger partial charge in [-0.2, -0.15) is 4.72 Å². The Bertz CT molecular complexity index is 1240. The number of carbonyl (C=O) groups is 1. The van der Waals surface area contributed by atoms with Crippen LogP contribution in [-0.4, -0.2) is 37.9 Å². The van der Waals surface area contributed by atoms with Crippen molar-refractivity contribution >= 4 is 27.4 Å². The Hall–Kier alpha value is -3.77. The van der Waals surface area contributed by atoms with Gasteiger partial charge in [-0.1, -0.05) is 18.2 Å². The number of hydrogen-bond donors (Lipinski definition) is 2. The SMILES string of the molecule is CNc1ccc(S(=O)(=O)NCC(=O)OCc2nc(-c3ccccc3)oc2C)cc1[N+](=O)[O-]. The number of oxazole rings is 1. The summed E-state index contributed by atoms with van der Waals surface area (Å²) in [5, 5.41) is 13.7. The minimum Gasteiger partial charge on any atom is -0.458 e. The Kier molecular flexibility index (Phi) is 6.85. The van der Waals surface area contributed by atoms with Crippen LogP contribution in [0.1, 0.15) is 11.5 Å². The van der Waals surface area contributed by atoms with Crippen LogP contribution in [0.2, 0.25) is 0 Å². The molecule has 0 unspecified atom stereocenters. The molecule has 0 aliphatic heterocycles. The normalized spacial score (nSPS) is 11.2. The smallest absolute Gasteiger partial charge is 0.321 e. The van der Waals surface area contributed by atoms with Gasteiger partial charge in [0, 0.05) is 18.7 Å². The van der Waals surface area contributed by atoms with Gasteiger partial charge in [0.25, 0.3) is 5.69 Å². The molecular formula is C20H20N4O7S. The van der Waals surface area contributed by atoms with Crippen LogP contribution in [0.3, 0.4) is 0 Å². The van der Waals surface area contributed by atoms with Crippen LogP contribution in [0.15, 0.2) is 57.8 Å². The zero-order valence-electron chi connectivity index (χ0n) is 17.2. The highest BCUT2D eigenvalue weighted by molar-refractivity contribution is 7.89. The number of nitro groups is 1. The lowest BCUT2D eigenvalue weighted by atomic mass is 10.2. The molecule has 0 saturated carbocycles. The van der Waals surface area contributed by atoms with Crippen molar-refractivity contribution in [1.82, 2.24) is 9.71 Å². The predicted molar refractivity (Wildman–Crippen MR) is 114 cm³/mol. The number of nitrogens with zero attached hydrogens (tertiary/aromatic N) is 2. The molecule has 0 fully saturated rings. The fraction of sp³-hybridized carbons (Fsp3) is 0.200. The molecule has 0 bridgehead atoms. The summed E-state index contributed by atoms with van der Waals surface area (Å²) in [5.74, 6) is -0.00536. The van der Waals surface area contributed by atoms with Gasteiger partial charge in [-0.15, -0.1) is 0 Å². The van der Waals surface area contributed by atoms with Crippen molar-refractivity contribution in [2.45, 2.75) is 18.4 Å². The van der Waals surface area contributed by atoms with Crippen LogP contribution in [0, 0.1) is 17.0 Å². The first-order chi connectivity index (χ1) is 15.2. The van der Waals surface area contributed by atoms with Gasteiger partial charge in [0.15, 0.2) is 0 Å². The summed E-state index contributed by atoms with van der Waals surface area (Å²) >= 11 is 0. The third-order valence-corrected chi connectivity index (χ3v) is 5.83. The Morgan fingerprint density at radius 3 is 2.59 bits per heavy atom. The average Bonchev–Trinajstić information content (AvgIpc) is 3.17. The summed E-state index contributed by atoms with van der Waals surface area (Å²) < 4.78 is 37.6. The lowest BCUT2D eigenvalue weighted by Crippen LogP contribution is -2.30. The number of hydrogen-bond acceptors (Lipinski definition) is 9. The zero-order chi connectivity index (χ0) is 23.3. The summed E-state index contributed by atoms with van der Waals surface area (Å²) in [5.41, 5.74) is 0.914. The molecule has 0 saturated heterocycles. The molecule has 0 atom stereocenters. The number of nitrogens with one attached hydrogen (secondary N) is 2. The summed E-state index contributed by atoms with van der Waals surface area (Å²) in [4.78, 5) is 26.4. The monoisotopic (exact) mass is 460 g/mol. The topological polar surface area (TPSA) is 154 Å². The van der Waals surface area contributed by atoms with E-state index in [2.05, 4.69) is 15.0 Å². The number of sulfonamides is 1. The molecule has 0 spiro atoms. The van der Waals surface area contributed by atoms with E-state index in [4.69, 9.17) is 9.15 Å². The van der Waals surface area contributed by atoms with Crippen molar-refractivity contribution in [1.29, 1.82) is 0 Å². The highest BCUT2D eigenvalue weighted by Gasteiger charge is 2.22. The van der Waals surface area contributed by atoms with Crippen molar-refractivity contribution in [3.05, 3.63) is 70.1 Å². The number of esters is 1. The van der Waals surface area contributed by atoms with E-state index in [9.17, 15) is 23.3 Å². The molecule has 12 heteroatoms. The maximum absolute atomic E-state index is 12.4. The number of carbonyl (C=O) groups excluding carboxylic acids is 1. The number of aryl methyl sites for hydroxylation is 1. The number of rotatable bonds is 9. The fourth-order valence-corrected chi connectivity index (χ4v) is 3.73. The molecule has 0 amide bonds. The Labute approximate surface area is 183 Å². The van der Waals surface area contributed by atoms with Crippen LogP contribution in [-0.2, 0) is 26.2 Å². The Morgan fingerprint density at radius 1 is 1.22 bits per heavy atom. The molecule has 168 valence electrons. The van der Waals surface area contributed by atoms with E-state index in [0.717, 1.165) is 11.6 Å². The van der Waals surface area contributed by atoms with Crippen molar-refractivity contribution in [2.24, 2.45) is 0 Å². The van der Waals surface area contributed by atoms with Gasteiger partial charge in [-0.05, 0) is 31.2 Å². The van der Waals surface area contributed by atoms with Crippen molar-refractivity contribution in [3.63, 3.8) is 0 Å². The van der Waals surface area contributed by atoms with Crippen LogP contribution < -0.4 is 10.0 Å². The summed E-state index contributed by atoms with van der Waals surface area (Å²) in [6.45, 7) is 0.810. The number of benzene rings is 2. The largest absolute Gasteiger partial charge is 0.458 e. The maximum atomic E-state index is 12.4. The van der Waals surface area contributed by atoms with E-state index < -0.39 is 33.1 Å². The van der Waals surface area contributed by atoms with E-state index in [1.807, 2.05) is 30.3 Å². The second kappa shape index (κ2) is 9.58. The highest BCUT2D eigenvalue weighted by atomic mass is 32.2.